The highest BCUT2D eigenvalue weighted by Crippen LogP contribution is 2.21. The molecule has 0 aliphatic rings. The van der Waals surface area contributed by atoms with E-state index >= 15 is 0 Å². The summed E-state index contributed by atoms with van der Waals surface area (Å²) in [4.78, 5) is 23.9. The first kappa shape index (κ1) is 9.13. The van der Waals surface area contributed by atoms with Gasteiger partial charge in [0.1, 0.15) is 17.3 Å². The average molecular weight is 177 g/mol. The molecule has 0 amide bonds. The lowest BCUT2D eigenvalue weighted by Gasteiger charge is -2.01. The number of nitrogens with zero attached hydrogens (tertiary/aromatic N) is 2. The second-order valence-corrected chi connectivity index (χ2v) is 2.63. The standard InChI is InChI=1S/C8H7N3O2/c1-4-6(3-9)8(12)10-5(2)7(4)11-13/h1-2H3,(H,10,12). The Morgan fingerprint density at radius 2 is 2.08 bits per heavy atom. The van der Waals surface area contributed by atoms with Crippen molar-refractivity contribution in [1.29, 1.82) is 5.26 Å². The molecule has 0 radical (unpaired) electrons. The Labute approximate surface area is 74.0 Å². The van der Waals surface area contributed by atoms with Crippen LogP contribution in [0.3, 0.4) is 0 Å². The van der Waals surface area contributed by atoms with Gasteiger partial charge < -0.3 is 4.98 Å². The first-order chi connectivity index (χ1) is 6.11. The van der Waals surface area contributed by atoms with Crippen LogP contribution in [0.5, 0.6) is 0 Å². The Kier molecular flexibility index (Phi) is 2.24. The molecule has 1 rings (SSSR count). The summed E-state index contributed by atoms with van der Waals surface area (Å²) in [5.41, 5.74) is 0.316. The molecule has 66 valence electrons. The first-order valence-corrected chi connectivity index (χ1v) is 3.58. The van der Waals surface area contributed by atoms with Crippen molar-refractivity contribution >= 4 is 5.69 Å². The van der Waals surface area contributed by atoms with Crippen LogP contribution >= 0.6 is 0 Å². The summed E-state index contributed by atoms with van der Waals surface area (Å²) >= 11 is 0. The molecule has 1 heterocycles. The summed E-state index contributed by atoms with van der Waals surface area (Å²) in [7, 11) is 0. The molecule has 5 heteroatoms. The van der Waals surface area contributed by atoms with Gasteiger partial charge in [-0.05, 0) is 19.0 Å². The maximum atomic E-state index is 11.1. The van der Waals surface area contributed by atoms with E-state index in [0.717, 1.165) is 0 Å². The van der Waals surface area contributed by atoms with Crippen LogP contribution in [0.1, 0.15) is 16.8 Å². The molecule has 0 aromatic carbocycles. The van der Waals surface area contributed by atoms with Crippen LogP contribution in [-0.2, 0) is 0 Å². The number of nitroso groups, excluding NO2 is 1. The van der Waals surface area contributed by atoms with Crippen LogP contribution in [0.4, 0.5) is 5.69 Å². The van der Waals surface area contributed by atoms with Crippen LogP contribution in [0.25, 0.3) is 0 Å². The zero-order chi connectivity index (χ0) is 10.0. The molecule has 1 N–H and O–H groups in total. The number of nitrogens with one attached hydrogen (secondary N) is 1. The maximum Gasteiger partial charge on any atom is 0.266 e. The molecular formula is C8H7N3O2. The van der Waals surface area contributed by atoms with Crippen molar-refractivity contribution in [2.45, 2.75) is 13.8 Å². The molecule has 5 nitrogen and oxygen atoms in total. The predicted molar refractivity (Wildman–Crippen MR) is 46.7 cm³/mol. The summed E-state index contributed by atoms with van der Waals surface area (Å²) in [6, 6.07) is 1.72. The SMILES string of the molecule is Cc1[nH]c(=O)c(C#N)c(C)c1N=O. The van der Waals surface area contributed by atoms with E-state index in [-0.39, 0.29) is 11.3 Å². The summed E-state index contributed by atoms with van der Waals surface area (Å²) in [6.07, 6.45) is 0. The average Bonchev–Trinajstić information content (AvgIpc) is 2.04. The fourth-order valence-electron chi connectivity index (χ4n) is 1.13. The van der Waals surface area contributed by atoms with Gasteiger partial charge in [-0.1, -0.05) is 0 Å². The van der Waals surface area contributed by atoms with Crippen molar-refractivity contribution in [3.05, 3.63) is 32.1 Å². The monoisotopic (exact) mass is 177 g/mol. The minimum atomic E-state index is -0.482. The fourth-order valence-corrected chi connectivity index (χ4v) is 1.13. The molecule has 0 spiro atoms. The van der Waals surface area contributed by atoms with Crippen molar-refractivity contribution in [1.82, 2.24) is 4.98 Å². The number of hydrogen-bond donors (Lipinski definition) is 1. The van der Waals surface area contributed by atoms with E-state index in [9.17, 15) is 9.70 Å². The molecule has 1 aromatic heterocycles. The number of hydrogen-bond acceptors (Lipinski definition) is 4. The van der Waals surface area contributed by atoms with Gasteiger partial charge >= 0.3 is 0 Å². The van der Waals surface area contributed by atoms with E-state index in [4.69, 9.17) is 5.26 Å². The van der Waals surface area contributed by atoms with Crippen molar-refractivity contribution in [3.63, 3.8) is 0 Å². The Balaban J connectivity index is 3.70. The Morgan fingerprint density at radius 3 is 2.54 bits per heavy atom. The van der Waals surface area contributed by atoms with E-state index in [0.29, 0.717) is 11.3 Å². The third-order valence-corrected chi connectivity index (χ3v) is 1.82. The molecule has 0 aliphatic carbocycles. The van der Waals surface area contributed by atoms with Gasteiger partial charge in [-0.15, -0.1) is 4.91 Å². The highest BCUT2D eigenvalue weighted by atomic mass is 16.3. The lowest BCUT2D eigenvalue weighted by molar-refractivity contribution is 1.09. The maximum absolute atomic E-state index is 11.1. The van der Waals surface area contributed by atoms with E-state index in [1.54, 1.807) is 13.0 Å². The number of aryl methyl sites for hydroxylation is 1. The number of aromatic amines is 1. The van der Waals surface area contributed by atoms with Gasteiger partial charge in [0, 0.05) is 11.3 Å². The number of pyridine rings is 1. The minimum Gasteiger partial charge on any atom is -0.323 e. The summed E-state index contributed by atoms with van der Waals surface area (Å²) in [5.74, 6) is 0. The number of nitriles is 1. The second-order valence-electron chi connectivity index (χ2n) is 2.63. The van der Waals surface area contributed by atoms with Gasteiger partial charge in [-0.3, -0.25) is 4.79 Å². The van der Waals surface area contributed by atoms with Gasteiger partial charge in [-0.2, -0.15) is 5.26 Å². The Morgan fingerprint density at radius 1 is 1.46 bits per heavy atom. The van der Waals surface area contributed by atoms with Gasteiger partial charge in [0.05, 0.1) is 0 Å². The van der Waals surface area contributed by atoms with E-state index < -0.39 is 5.56 Å². The highest BCUT2D eigenvalue weighted by Gasteiger charge is 2.11. The van der Waals surface area contributed by atoms with Crippen LogP contribution in [0.15, 0.2) is 9.97 Å². The number of aromatic nitrogens is 1. The molecule has 0 atom stereocenters. The van der Waals surface area contributed by atoms with Gasteiger partial charge in [0.2, 0.25) is 0 Å². The van der Waals surface area contributed by atoms with E-state index in [2.05, 4.69) is 10.2 Å². The van der Waals surface area contributed by atoms with Crippen LogP contribution in [0, 0.1) is 30.1 Å². The number of H-pyrrole nitrogens is 1. The fraction of sp³-hybridized carbons (Fsp3) is 0.250. The molecular weight excluding hydrogens is 170 g/mol. The van der Waals surface area contributed by atoms with E-state index in [1.165, 1.54) is 6.92 Å². The quantitative estimate of drug-likeness (QED) is 0.655. The summed E-state index contributed by atoms with van der Waals surface area (Å²) in [6.45, 7) is 3.09. The van der Waals surface area contributed by atoms with Gasteiger partial charge in [0.25, 0.3) is 5.56 Å². The largest absolute Gasteiger partial charge is 0.323 e. The lowest BCUT2D eigenvalue weighted by atomic mass is 10.1. The zero-order valence-electron chi connectivity index (χ0n) is 7.21. The van der Waals surface area contributed by atoms with Crippen LogP contribution in [0.2, 0.25) is 0 Å². The zero-order valence-corrected chi connectivity index (χ0v) is 7.21. The van der Waals surface area contributed by atoms with E-state index in [1.807, 2.05) is 0 Å². The molecule has 0 aliphatic heterocycles. The lowest BCUT2D eigenvalue weighted by Crippen LogP contribution is -2.13. The van der Waals surface area contributed by atoms with Crippen molar-refractivity contribution in [3.8, 4) is 6.07 Å². The van der Waals surface area contributed by atoms with Crippen molar-refractivity contribution in [2.75, 3.05) is 0 Å². The first-order valence-electron chi connectivity index (χ1n) is 3.58. The van der Waals surface area contributed by atoms with Gasteiger partial charge in [-0.25, -0.2) is 0 Å². The third kappa shape index (κ3) is 1.34. The summed E-state index contributed by atoms with van der Waals surface area (Å²) in [5, 5.41) is 11.3. The molecule has 13 heavy (non-hydrogen) atoms. The van der Waals surface area contributed by atoms with Crippen LogP contribution in [-0.4, -0.2) is 4.98 Å². The Hall–Kier alpha value is -1.96. The van der Waals surface area contributed by atoms with Gasteiger partial charge in [0.15, 0.2) is 0 Å². The highest BCUT2D eigenvalue weighted by molar-refractivity contribution is 5.55. The topological polar surface area (TPSA) is 86.1 Å². The van der Waals surface area contributed by atoms with Crippen molar-refractivity contribution < 1.29 is 0 Å². The molecule has 1 aromatic rings. The molecule has 0 unspecified atom stereocenters. The number of rotatable bonds is 1. The molecule has 0 saturated heterocycles. The second kappa shape index (κ2) is 3.19. The molecule has 0 saturated carbocycles. The predicted octanol–water partition coefficient (Wildman–Crippen LogP) is 1.26. The molecule has 0 fully saturated rings. The van der Waals surface area contributed by atoms with Crippen molar-refractivity contribution in [2.24, 2.45) is 5.18 Å². The summed E-state index contributed by atoms with van der Waals surface area (Å²) < 4.78 is 0. The normalized spacial score (nSPS) is 9.31. The minimum absolute atomic E-state index is 0.0554. The smallest absolute Gasteiger partial charge is 0.266 e. The molecule has 0 bridgehead atoms. The van der Waals surface area contributed by atoms with Crippen LogP contribution < -0.4 is 5.56 Å². The Bertz CT molecular complexity index is 454. The third-order valence-electron chi connectivity index (χ3n) is 1.82.